The van der Waals surface area contributed by atoms with Gasteiger partial charge in [-0.2, -0.15) is 0 Å². The Bertz CT molecular complexity index is 518. The van der Waals surface area contributed by atoms with Crippen LogP contribution in [0.1, 0.15) is 55.5 Å². The van der Waals surface area contributed by atoms with Gasteiger partial charge in [0.1, 0.15) is 0 Å². The van der Waals surface area contributed by atoms with Crippen LogP contribution in [0.4, 0.5) is 0 Å². The molecule has 0 unspecified atom stereocenters. The number of hydrogen-bond acceptors (Lipinski definition) is 1. The third kappa shape index (κ3) is 4.48. The van der Waals surface area contributed by atoms with E-state index in [4.69, 9.17) is 0 Å². The second kappa shape index (κ2) is 8.15. The van der Waals surface area contributed by atoms with E-state index in [0.717, 1.165) is 31.2 Å². The van der Waals surface area contributed by atoms with Crippen LogP contribution in [0.2, 0.25) is 0 Å². The molecule has 0 amide bonds. The highest BCUT2D eigenvalue weighted by atomic mass is 16.1. The van der Waals surface area contributed by atoms with Crippen molar-refractivity contribution in [2.45, 2.75) is 39.5 Å². The molecule has 92 valence electrons. The van der Waals surface area contributed by atoms with E-state index in [1.165, 1.54) is 0 Å². The number of ketones is 1. The van der Waals surface area contributed by atoms with E-state index in [1.807, 2.05) is 25.1 Å². The number of carbonyl (C=O) groups excluding carboxylic acids is 1. The molecule has 0 aliphatic rings. The third-order valence-corrected chi connectivity index (χ3v) is 2.35. The fourth-order valence-corrected chi connectivity index (χ4v) is 1.41. The summed E-state index contributed by atoms with van der Waals surface area (Å²) in [7, 11) is 0. The summed E-state index contributed by atoms with van der Waals surface area (Å²) in [5, 5.41) is 0. The van der Waals surface area contributed by atoms with Gasteiger partial charge < -0.3 is 0 Å². The Morgan fingerprint density at radius 3 is 2.44 bits per heavy atom. The molecule has 0 saturated carbocycles. The van der Waals surface area contributed by atoms with E-state index in [0.29, 0.717) is 5.56 Å². The molecule has 0 aromatic heterocycles. The maximum Gasteiger partial charge on any atom is 0.237 e. The molecule has 0 spiro atoms. The van der Waals surface area contributed by atoms with Gasteiger partial charge in [-0.1, -0.05) is 43.7 Å². The summed E-state index contributed by atoms with van der Waals surface area (Å²) in [4.78, 5) is 11.9. The zero-order chi connectivity index (χ0) is 13.2. The molecule has 1 aromatic carbocycles. The van der Waals surface area contributed by atoms with Gasteiger partial charge in [0.2, 0.25) is 5.78 Å². The van der Waals surface area contributed by atoms with Gasteiger partial charge in [0, 0.05) is 24.0 Å². The van der Waals surface area contributed by atoms with Crippen LogP contribution in [0.25, 0.3) is 0 Å². The molecular formula is C17H18O. The highest BCUT2D eigenvalue weighted by Gasteiger charge is 2.06. The van der Waals surface area contributed by atoms with Crippen LogP contribution < -0.4 is 0 Å². The molecule has 0 bridgehead atoms. The lowest BCUT2D eigenvalue weighted by Gasteiger charge is -1.97. The fraction of sp³-hybridized carbons (Fsp3) is 0.353. The number of Topliss-reactive ketones (excluding diaryl/α,β-unsaturated/α-hetero) is 1. The highest BCUT2D eigenvalue weighted by Crippen LogP contribution is 2.08. The summed E-state index contributed by atoms with van der Waals surface area (Å²) in [6.07, 6.45) is 3.61. The molecule has 0 atom stereocenters. The Hall–Kier alpha value is -1.99. The van der Waals surface area contributed by atoms with Gasteiger partial charge in [0.25, 0.3) is 0 Å². The van der Waals surface area contributed by atoms with Gasteiger partial charge >= 0.3 is 0 Å². The van der Waals surface area contributed by atoms with Crippen LogP contribution in [-0.4, -0.2) is 5.78 Å². The Balaban J connectivity index is 2.93. The molecule has 0 N–H and O–H groups in total. The predicted octanol–water partition coefficient (Wildman–Crippen LogP) is 3.82. The minimum absolute atomic E-state index is 0.134. The molecule has 0 aliphatic heterocycles. The smallest absolute Gasteiger partial charge is 0.237 e. The minimum atomic E-state index is -0.134. The van der Waals surface area contributed by atoms with E-state index < -0.39 is 0 Å². The van der Waals surface area contributed by atoms with Crippen LogP contribution in [0.5, 0.6) is 0 Å². The first-order valence-electron chi connectivity index (χ1n) is 6.40. The number of unbranched alkanes of at least 4 members (excludes halogenated alkanes) is 2. The average molecular weight is 238 g/mol. The van der Waals surface area contributed by atoms with Crippen molar-refractivity contribution in [3.8, 4) is 23.7 Å². The first-order chi connectivity index (χ1) is 8.79. The van der Waals surface area contributed by atoms with Crippen LogP contribution in [-0.2, 0) is 0 Å². The summed E-state index contributed by atoms with van der Waals surface area (Å²) in [6.45, 7) is 4.13. The topological polar surface area (TPSA) is 17.1 Å². The first-order valence-corrected chi connectivity index (χ1v) is 6.40. The van der Waals surface area contributed by atoms with Crippen LogP contribution in [0, 0.1) is 23.7 Å². The molecule has 0 fully saturated rings. The van der Waals surface area contributed by atoms with Crippen molar-refractivity contribution in [2.75, 3.05) is 0 Å². The van der Waals surface area contributed by atoms with Gasteiger partial charge in [-0.25, -0.2) is 0 Å². The largest absolute Gasteiger partial charge is 0.279 e. The fourth-order valence-electron chi connectivity index (χ4n) is 1.41. The number of benzene rings is 1. The summed E-state index contributed by atoms with van der Waals surface area (Å²) >= 11 is 0. The van der Waals surface area contributed by atoms with Crippen LogP contribution in [0.15, 0.2) is 24.3 Å². The second-order valence-electron chi connectivity index (χ2n) is 3.98. The zero-order valence-electron chi connectivity index (χ0n) is 11.0. The molecule has 1 heteroatoms. The lowest BCUT2D eigenvalue weighted by Crippen LogP contribution is -1.98. The monoisotopic (exact) mass is 238 g/mol. The van der Waals surface area contributed by atoms with Gasteiger partial charge in [0.05, 0.1) is 0 Å². The molecule has 1 aromatic rings. The lowest BCUT2D eigenvalue weighted by molar-refractivity contribution is 0.105. The Kier molecular flexibility index (Phi) is 6.37. The summed E-state index contributed by atoms with van der Waals surface area (Å²) in [6, 6.07) is 7.41. The van der Waals surface area contributed by atoms with Crippen molar-refractivity contribution in [1.29, 1.82) is 0 Å². The number of rotatable bonds is 3. The molecule has 1 nitrogen and oxygen atoms in total. The summed E-state index contributed by atoms with van der Waals surface area (Å²) in [5.41, 5.74) is 1.39. The van der Waals surface area contributed by atoms with E-state index >= 15 is 0 Å². The molecule has 0 heterocycles. The van der Waals surface area contributed by atoms with Crippen molar-refractivity contribution in [3.05, 3.63) is 35.4 Å². The lowest BCUT2D eigenvalue weighted by atomic mass is 10.0. The molecule has 0 saturated heterocycles. The van der Waals surface area contributed by atoms with Crippen LogP contribution in [0.3, 0.4) is 0 Å². The summed E-state index contributed by atoms with van der Waals surface area (Å²) in [5.74, 6) is 11.5. The van der Waals surface area contributed by atoms with Gasteiger partial charge in [-0.15, -0.1) is 0 Å². The first kappa shape index (κ1) is 14.1. The predicted molar refractivity (Wildman–Crippen MR) is 75.2 cm³/mol. The van der Waals surface area contributed by atoms with Gasteiger partial charge in [-0.05, 0) is 30.9 Å². The zero-order valence-corrected chi connectivity index (χ0v) is 11.0. The quantitative estimate of drug-likeness (QED) is 0.444. The maximum absolute atomic E-state index is 11.9. The normalized spacial score (nSPS) is 8.78. The SMILES string of the molecule is CCCC#CC(=O)c1ccccc1C#CCCC. The summed E-state index contributed by atoms with van der Waals surface area (Å²) < 4.78 is 0. The van der Waals surface area contributed by atoms with Crippen molar-refractivity contribution in [3.63, 3.8) is 0 Å². The second-order valence-corrected chi connectivity index (χ2v) is 3.98. The van der Waals surface area contributed by atoms with E-state index in [2.05, 4.69) is 30.6 Å². The van der Waals surface area contributed by atoms with Gasteiger partial charge in [-0.3, -0.25) is 4.79 Å². The van der Waals surface area contributed by atoms with E-state index in [9.17, 15) is 4.79 Å². The third-order valence-electron chi connectivity index (χ3n) is 2.35. The van der Waals surface area contributed by atoms with Crippen molar-refractivity contribution >= 4 is 5.78 Å². The van der Waals surface area contributed by atoms with E-state index in [1.54, 1.807) is 6.07 Å². The molecular weight excluding hydrogens is 220 g/mol. The number of carbonyl (C=O) groups is 1. The number of hydrogen-bond donors (Lipinski definition) is 0. The standard InChI is InChI=1S/C17H18O/c1-3-5-7-11-15-12-9-10-13-16(15)17(18)14-8-6-4-2/h9-10,12-13H,3-6H2,1-2H3. The maximum atomic E-state index is 11.9. The van der Waals surface area contributed by atoms with Crippen molar-refractivity contribution in [2.24, 2.45) is 0 Å². The Morgan fingerprint density at radius 1 is 1.06 bits per heavy atom. The molecule has 1 rings (SSSR count). The van der Waals surface area contributed by atoms with E-state index in [-0.39, 0.29) is 5.78 Å². The van der Waals surface area contributed by atoms with Crippen molar-refractivity contribution in [1.82, 2.24) is 0 Å². The minimum Gasteiger partial charge on any atom is -0.279 e. The Labute approximate surface area is 110 Å². The van der Waals surface area contributed by atoms with Gasteiger partial charge in [0.15, 0.2) is 0 Å². The molecule has 18 heavy (non-hydrogen) atoms. The molecule has 0 aliphatic carbocycles. The highest BCUT2D eigenvalue weighted by molar-refractivity contribution is 6.10. The van der Waals surface area contributed by atoms with Crippen LogP contribution >= 0.6 is 0 Å². The van der Waals surface area contributed by atoms with Crippen molar-refractivity contribution < 1.29 is 4.79 Å². The molecule has 0 radical (unpaired) electrons. The average Bonchev–Trinajstić information content (AvgIpc) is 2.40. The Morgan fingerprint density at radius 2 is 1.72 bits per heavy atom.